The van der Waals surface area contributed by atoms with Crippen molar-refractivity contribution in [3.05, 3.63) is 0 Å². The largest absolute Gasteiger partial charge is 0.481 e. The lowest BCUT2D eigenvalue weighted by Gasteiger charge is -2.16. The number of hydrogen-bond donors (Lipinski definition) is 1. The second-order valence-corrected chi connectivity index (χ2v) is 4.15. The molecule has 2 nitrogen and oxygen atoms in total. The predicted molar refractivity (Wildman–Crippen MR) is 38.7 cm³/mol. The normalized spacial score (nSPS) is 31.9. The standard InChI is InChI=1S/C8H14O2/c1-8(2,3)6-4-5(6)7(9)10/h5-6H,4H2,1-3H3,(H,9,10)/t5-,6-/m0/s1. The lowest BCUT2D eigenvalue weighted by atomic mass is 9.89. The van der Waals surface area contributed by atoms with Crippen LogP contribution in [-0.2, 0) is 4.79 Å². The molecule has 0 aromatic carbocycles. The van der Waals surface area contributed by atoms with E-state index in [9.17, 15) is 4.79 Å². The topological polar surface area (TPSA) is 37.3 Å². The van der Waals surface area contributed by atoms with Crippen LogP contribution in [0.2, 0.25) is 0 Å². The molecule has 1 aliphatic carbocycles. The Morgan fingerprint density at radius 2 is 2.00 bits per heavy atom. The number of carboxylic acid groups (broad SMARTS) is 1. The van der Waals surface area contributed by atoms with Crippen molar-refractivity contribution >= 4 is 5.97 Å². The monoisotopic (exact) mass is 142 g/mol. The highest BCUT2D eigenvalue weighted by atomic mass is 16.4. The van der Waals surface area contributed by atoms with Gasteiger partial charge >= 0.3 is 5.97 Å². The quantitative estimate of drug-likeness (QED) is 0.605. The molecule has 0 amide bonds. The van der Waals surface area contributed by atoms with Gasteiger partial charge in [-0.1, -0.05) is 20.8 Å². The van der Waals surface area contributed by atoms with Crippen LogP contribution < -0.4 is 0 Å². The zero-order valence-corrected chi connectivity index (χ0v) is 6.72. The maximum atomic E-state index is 10.4. The van der Waals surface area contributed by atoms with Crippen LogP contribution in [0.1, 0.15) is 27.2 Å². The Balaban J connectivity index is 2.46. The number of aliphatic carboxylic acids is 1. The van der Waals surface area contributed by atoms with Gasteiger partial charge in [-0.3, -0.25) is 4.79 Å². The molecular weight excluding hydrogens is 128 g/mol. The molecule has 0 bridgehead atoms. The van der Waals surface area contributed by atoms with E-state index in [1.54, 1.807) is 0 Å². The maximum Gasteiger partial charge on any atom is 0.306 e. The maximum absolute atomic E-state index is 10.4. The zero-order chi connectivity index (χ0) is 7.94. The fourth-order valence-corrected chi connectivity index (χ4v) is 1.43. The molecule has 10 heavy (non-hydrogen) atoms. The molecular formula is C8H14O2. The summed E-state index contributed by atoms with van der Waals surface area (Å²) in [5.74, 6) is -0.273. The van der Waals surface area contributed by atoms with Gasteiger partial charge in [0.25, 0.3) is 0 Å². The van der Waals surface area contributed by atoms with E-state index in [1.807, 2.05) is 0 Å². The third-order valence-corrected chi connectivity index (χ3v) is 2.22. The summed E-state index contributed by atoms with van der Waals surface area (Å²) in [5.41, 5.74) is 0.184. The summed E-state index contributed by atoms with van der Waals surface area (Å²) >= 11 is 0. The van der Waals surface area contributed by atoms with Crippen LogP contribution in [0.15, 0.2) is 0 Å². The first-order chi connectivity index (χ1) is 4.43. The first-order valence-electron chi connectivity index (χ1n) is 3.65. The van der Waals surface area contributed by atoms with Gasteiger partial charge in [0.05, 0.1) is 5.92 Å². The molecule has 1 rings (SSSR count). The first-order valence-corrected chi connectivity index (χ1v) is 3.65. The minimum Gasteiger partial charge on any atom is -0.481 e. The summed E-state index contributed by atoms with van der Waals surface area (Å²) in [6.07, 6.45) is 0.874. The lowest BCUT2D eigenvalue weighted by Crippen LogP contribution is -2.12. The van der Waals surface area contributed by atoms with Crippen molar-refractivity contribution in [2.75, 3.05) is 0 Å². The molecule has 2 heteroatoms. The Hall–Kier alpha value is -0.530. The zero-order valence-electron chi connectivity index (χ0n) is 6.72. The smallest absolute Gasteiger partial charge is 0.306 e. The van der Waals surface area contributed by atoms with E-state index in [1.165, 1.54) is 0 Å². The fourth-order valence-electron chi connectivity index (χ4n) is 1.43. The summed E-state index contributed by atoms with van der Waals surface area (Å²) < 4.78 is 0. The average molecular weight is 142 g/mol. The van der Waals surface area contributed by atoms with Crippen molar-refractivity contribution < 1.29 is 9.90 Å². The van der Waals surface area contributed by atoms with Crippen molar-refractivity contribution in [3.63, 3.8) is 0 Å². The van der Waals surface area contributed by atoms with E-state index in [2.05, 4.69) is 20.8 Å². The molecule has 0 aromatic rings. The molecule has 1 N–H and O–H groups in total. The minimum absolute atomic E-state index is 0.0556. The lowest BCUT2D eigenvalue weighted by molar-refractivity contribution is -0.139. The van der Waals surface area contributed by atoms with Gasteiger partial charge in [0.1, 0.15) is 0 Å². The van der Waals surface area contributed by atoms with E-state index < -0.39 is 5.97 Å². The second kappa shape index (κ2) is 1.97. The van der Waals surface area contributed by atoms with Crippen molar-refractivity contribution in [1.29, 1.82) is 0 Å². The number of hydrogen-bond acceptors (Lipinski definition) is 1. The van der Waals surface area contributed by atoms with Crippen LogP contribution >= 0.6 is 0 Å². The Bertz CT molecular complexity index is 155. The van der Waals surface area contributed by atoms with Crippen molar-refractivity contribution in [1.82, 2.24) is 0 Å². The number of rotatable bonds is 1. The van der Waals surface area contributed by atoms with Gasteiger partial charge in [-0.25, -0.2) is 0 Å². The molecule has 1 aliphatic rings. The molecule has 0 spiro atoms. The van der Waals surface area contributed by atoms with Gasteiger partial charge in [-0.15, -0.1) is 0 Å². The Kier molecular flexibility index (Phi) is 1.50. The predicted octanol–water partition coefficient (Wildman–Crippen LogP) is 1.75. The van der Waals surface area contributed by atoms with E-state index in [0.717, 1.165) is 6.42 Å². The van der Waals surface area contributed by atoms with Gasteiger partial charge in [0, 0.05) is 0 Å². The van der Waals surface area contributed by atoms with Crippen LogP contribution in [0.25, 0.3) is 0 Å². The minimum atomic E-state index is -0.625. The van der Waals surface area contributed by atoms with Crippen molar-refractivity contribution in [3.8, 4) is 0 Å². The van der Waals surface area contributed by atoms with Crippen LogP contribution in [0.5, 0.6) is 0 Å². The summed E-state index contributed by atoms with van der Waals surface area (Å²) in [6.45, 7) is 6.29. The van der Waals surface area contributed by atoms with Crippen LogP contribution in [-0.4, -0.2) is 11.1 Å². The summed E-state index contributed by atoms with van der Waals surface area (Å²) in [7, 11) is 0. The molecule has 0 saturated heterocycles. The van der Waals surface area contributed by atoms with Gasteiger partial charge in [0.2, 0.25) is 0 Å². The van der Waals surface area contributed by atoms with Gasteiger partial charge in [-0.05, 0) is 17.8 Å². The number of carboxylic acids is 1. The molecule has 0 aliphatic heterocycles. The summed E-state index contributed by atoms with van der Waals surface area (Å²) in [5, 5.41) is 8.59. The summed E-state index contributed by atoms with van der Waals surface area (Å²) in [6, 6.07) is 0. The van der Waals surface area contributed by atoms with E-state index >= 15 is 0 Å². The van der Waals surface area contributed by atoms with Crippen molar-refractivity contribution in [2.24, 2.45) is 17.3 Å². The highest BCUT2D eigenvalue weighted by molar-refractivity contribution is 5.73. The summed E-state index contributed by atoms with van der Waals surface area (Å²) in [4.78, 5) is 10.4. The highest BCUT2D eigenvalue weighted by Crippen LogP contribution is 2.50. The SMILES string of the molecule is CC(C)(C)[C@H]1C[C@@H]1C(=O)O. The molecule has 0 heterocycles. The van der Waals surface area contributed by atoms with Gasteiger partial charge < -0.3 is 5.11 Å². The average Bonchev–Trinajstić information content (AvgIpc) is 2.35. The second-order valence-electron chi connectivity index (χ2n) is 4.15. The van der Waals surface area contributed by atoms with Gasteiger partial charge in [0.15, 0.2) is 0 Å². The fraction of sp³-hybridized carbons (Fsp3) is 0.875. The van der Waals surface area contributed by atoms with E-state index in [-0.39, 0.29) is 11.3 Å². The molecule has 2 atom stereocenters. The third kappa shape index (κ3) is 1.31. The van der Waals surface area contributed by atoms with Crippen LogP contribution in [0.4, 0.5) is 0 Å². The number of carbonyl (C=O) groups is 1. The van der Waals surface area contributed by atoms with Crippen LogP contribution in [0.3, 0.4) is 0 Å². The molecule has 1 saturated carbocycles. The van der Waals surface area contributed by atoms with Crippen LogP contribution in [0, 0.1) is 17.3 Å². The molecule has 1 fully saturated rings. The Morgan fingerprint density at radius 1 is 1.50 bits per heavy atom. The molecule has 0 unspecified atom stereocenters. The van der Waals surface area contributed by atoms with E-state index in [0.29, 0.717) is 5.92 Å². The highest BCUT2D eigenvalue weighted by Gasteiger charge is 2.49. The first kappa shape index (κ1) is 7.58. The molecule has 0 radical (unpaired) electrons. The molecule has 0 aromatic heterocycles. The Labute approximate surface area is 61.2 Å². The van der Waals surface area contributed by atoms with E-state index in [4.69, 9.17) is 5.11 Å². The van der Waals surface area contributed by atoms with Gasteiger partial charge in [-0.2, -0.15) is 0 Å². The molecule has 58 valence electrons. The third-order valence-electron chi connectivity index (χ3n) is 2.22. The Morgan fingerprint density at radius 3 is 2.10 bits per heavy atom. The van der Waals surface area contributed by atoms with Crippen molar-refractivity contribution in [2.45, 2.75) is 27.2 Å².